The number of benzene rings is 1. The highest BCUT2D eigenvalue weighted by Crippen LogP contribution is 2.11. The molecule has 1 rings (SSSR count). The smallest absolute Gasteiger partial charge is 0.308 e. The third-order valence-corrected chi connectivity index (χ3v) is 5.89. The molecule has 0 radical (unpaired) electrons. The minimum atomic E-state index is -1.33. The molecular formula is C26H41N5O6. The number of ether oxygens (including phenoxy) is 1. The van der Waals surface area contributed by atoms with Crippen molar-refractivity contribution in [2.24, 2.45) is 23.3 Å². The van der Waals surface area contributed by atoms with Gasteiger partial charge in [-0.1, -0.05) is 64.4 Å². The van der Waals surface area contributed by atoms with Gasteiger partial charge in [0.25, 0.3) is 0 Å². The molecule has 0 saturated carbocycles. The monoisotopic (exact) mass is 519 g/mol. The molecule has 0 bridgehead atoms. The first-order chi connectivity index (χ1) is 17.3. The summed E-state index contributed by atoms with van der Waals surface area (Å²) in [7, 11) is 0. The van der Waals surface area contributed by atoms with Crippen LogP contribution in [-0.2, 0) is 35.3 Å². The van der Waals surface area contributed by atoms with Crippen LogP contribution in [0.15, 0.2) is 30.3 Å². The first-order valence-corrected chi connectivity index (χ1v) is 12.5. The number of nitrogens with two attached hydrogens (primary N) is 2. The van der Waals surface area contributed by atoms with Crippen molar-refractivity contribution in [3.63, 3.8) is 0 Å². The Kier molecular flexibility index (Phi) is 13.3. The number of primary amides is 1. The summed E-state index contributed by atoms with van der Waals surface area (Å²) in [4.78, 5) is 62.7. The van der Waals surface area contributed by atoms with E-state index in [1.807, 2.05) is 26.8 Å². The van der Waals surface area contributed by atoms with Crippen LogP contribution < -0.4 is 27.4 Å². The second kappa shape index (κ2) is 15.6. The van der Waals surface area contributed by atoms with Crippen LogP contribution in [0.5, 0.6) is 0 Å². The predicted octanol–water partition coefficient (Wildman–Crippen LogP) is 0.499. The minimum Gasteiger partial charge on any atom is -0.461 e. The molecule has 37 heavy (non-hydrogen) atoms. The van der Waals surface area contributed by atoms with Gasteiger partial charge in [-0.05, 0) is 30.7 Å². The normalized spacial score (nSPS) is 15.0. The summed E-state index contributed by atoms with van der Waals surface area (Å²) in [5.74, 6) is -3.60. The van der Waals surface area contributed by atoms with E-state index in [9.17, 15) is 24.0 Å². The average molecular weight is 520 g/mol. The molecule has 0 aliphatic rings. The summed E-state index contributed by atoms with van der Waals surface area (Å²) in [6.45, 7) is 8.82. The van der Waals surface area contributed by atoms with E-state index >= 15 is 0 Å². The molecule has 11 nitrogen and oxygen atoms in total. The van der Waals surface area contributed by atoms with E-state index in [0.29, 0.717) is 12.8 Å². The van der Waals surface area contributed by atoms with Crippen molar-refractivity contribution < 1.29 is 28.7 Å². The van der Waals surface area contributed by atoms with E-state index in [1.165, 1.54) is 6.92 Å². The van der Waals surface area contributed by atoms with Gasteiger partial charge in [-0.3, -0.25) is 24.0 Å². The Morgan fingerprint density at radius 2 is 1.51 bits per heavy atom. The number of carbonyl (C=O) groups excluding carboxylic acids is 5. The summed E-state index contributed by atoms with van der Waals surface area (Å²) in [6, 6.07) is 4.79. The maximum Gasteiger partial charge on any atom is 0.308 e. The highest BCUT2D eigenvalue weighted by atomic mass is 16.5. The van der Waals surface area contributed by atoms with Gasteiger partial charge in [0.05, 0.1) is 12.5 Å². The summed E-state index contributed by atoms with van der Waals surface area (Å²) in [5, 5.41) is 7.61. The van der Waals surface area contributed by atoms with Gasteiger partial charge in [-0.25, -0.2) is 0 Å². The van der Waals surface area contributed by atoms with E-state index in [-0.39, 0.29) is 18.4 Å². The number of hydrogen-bond acceptors (Lipinski definition) is 7. The van der Waals surface area contributed by atoms with Crippen molar-refractivity contribution in [3.05, 3.63) is 35.9 Å². The van der Waals surface area contributed by atoms with E-state index in [0.717, 1.165) is 5.56 Å². The van der Waals surface area contributed by atoms with Gasteiger partial charge in [-0.2, -0.15) is 0 Å². The predicted molar refractivity (Wildman–Crippen MR) is 138 cm³/mol. The van der Waals surface area contributed by atoms with E-state index in [4.69, 9.17) is 16.2 Å². The lowest BCUT2D eigenvalue weighted by atomic mass is 9.97. The molecule has 0 fully saturated rings. The van der Waals surface area contributed by atoms with Crippen molar-refractivity contribution >= 4 is 29.6 Å². The highest BCUT2D eigenvalue weighted by molar-refractivity contribution is 5.96. The molecule has 0 aliphatic carbocycles. The molecule has 1 aromatic carbocycles. The zero-order valence-electron chi connectivity index (χ0n) is 22.3. The van der Waals surface area contributed by atoms with Crippen LogP contribution in [0.4, 0.5) is 0 Å². The maximum atomic E-state index is 13.2. The number of carbonyl (C=O) groups is 5. The van der Waals surface area contributed by atoms with Crippen LogP contribution >= 0.6 is 0 Å². The largest absolute Gasteiger partial charge is 0.461 e. The van der Waals surface area contributed by atoms with Crippen molar-refractivity contribution in [2.45, 2.75) is 84.7 Å². The fraction of sp³-hybridized carbons (Fsp3) is 0.577. The highest BCUT2D eigenvalue weighted by Gasteiger charge is 2.33. The van der Waals surface area contributed by atoms with Crippen LogP contribution in [0.1, 0.15) is 59.4 Å². The lowest BCUT2D eigenvalue weighted by Gasteiger charge is -2.27. The van der Waals surface area contributed by atoms with Crippen LogP contribution in [0.2, 0.25) is 0 Å². The molecule has 0 unspecified atom stereocenters. The van der Waals surface area contributed by atoms with Gasteiger partial charge in [0.1, 0.15) is 24.7 Å². The summed E-state index contributed by atoms with van der Waals surface area (Å²) in [5.41, 5.74) is 12.0. The number of rotatable bonds is 15. The fourth-order valence-corrected chi connectivity index (χ4v) is 3.40. The molecule has 206 valence electrons. The van der Waals surface area contributed by atoms with E-state index in [1.54, 1.807) is 31.2 Å². The molecule has 4 amide bonds. The fourth-order valence-electron chi connectivity index (χ4n) is 3.40. The van der Waals surface area contributed by atoms with Gasteiger partial charge in [-0.15, -0.1) is 0 Å². The lowest BCUT2D eigenvalue weighted by molar-refractivity contribution is -0.147. The van der Waals surface area contributed by atoms with Crippen LogP contribution in [0, 0.1) is 11.8 Å². The second-order valence-corrected chi connectivity index (χ2v) is 9.65. The third-order valence-electron chi connectivity index (χ3n) is 5.89. The Hall–Kier alpha value is -3.47. The van der Waals surface area contributed by atoms with Gasteiger partial charge < -0.3 is 32.2 Å². The Bertz CT molecular complexity index is 923. The van der Waals surface area contributed by atoms with Crippen LogP contribution in [0.25, 0.3) is 0 Å². The third kappa shape index (κ3) is 11.4. The molecule has 0 aliphatic heterocycles. The molecule has 11 heteroatoms. The van der Waals surface area contributed by atoms with Crippen molar-refractivity contribution in [1.29, 1.82) is 0 Å². The molecular weight excluding hydrogens is 478 g/mol. The summed E-state index contributed by atoms with van der Waals surface area (Å²) < 4.78 is 5.28. The molecule has 7 N–H and O–H groups in total. The first kappa shape index (κ1) is 31.6. The molecule has 1 aromatic rings. The quantitative estimate of drug-likeness (QED) is 0.209. The topological polar surface area (TPSA) is 183 Å². The number of amides is 4. The number of esters is 1. The Labute approximate surface area is 218 Å². The van der Waals surface area contributed by atoms with Gasteiger partial charge in [0.15, 0.2) is 0 Å². The molecule has 5 atom stereocenters. The average Bonchev–Trinajstić information content (AvgIpc) is 2.84. The Morgan fingerprint density at radius 3 is 2.05 bits per heavy atom. The standard InChI is InChI=1S/C26H41N5O6/c1-6-16(4)22(26(36)29-17(5)23(28)33)31-25(35)20(30-24(34)19(27)12-15(2)3)13-21(32)37-14-18-10-8-7-9-11-18/h7-11,15-17,19-20,22H,6,12-14,27H2,1-5H3,(H2,28,33)(H,29,36)(H,30,34)(H,31,35)/t16-,17-,19+,20-,22-/m0/s1. The maximum absolute atomic E-state index is 13.2. The van der Waals surface area contributed by atoms with Crippen molar-refractivity contribution in [3.8, 4) is 0 Å². The van der Waals surface area contributed by atoms with Gasteiger partial charge >= 0.3 is 5.97 Å². The summed E-state index contributed by atoms with van der Waals surface area (Å²) >= 11 is 0. The van der Waals surface area contributed by atoms with Crippen LogP contribution in [0.3, 0.4) is 0 Å². The number of nitrogens with one attached hydrogen (secondary N) is 3. The second-order valence-electron chi connectivity index (χ2n) is 9.65. The Morgan fingerprint density at radius 1 is 0.892 bits per heavy atom. The number of hydrogen-bond donors (Lipinski definition) is 5. The van der Waals surface area contributed by atoms with Crippen LogP contribution in [-0.4, -0.2) is 53.8 Å². The molecule has 0 heterocycles. The Balaban J connectivity index is 3.04. The SMILES string of the molecule is CC[C@H](C)[C@H](NC(=O)[C@H](CC(=O)OCc1ccccc1)NC(=O)[C@H](N)CC(C)C)C(=O)N[C@@H](C)C(N)=O. The molecule has 0 spiro atoms. The van der Waals surface area contributed by atoms with Gasteiger partial charge in [0, 0.05) is 0 Å². The zero-order chi connectivity index (χ0) is 28.1. The lowest BCUT2D eigenvalue weighted by Crippen LogP contribution is -2.59. The van der Waals surface area contributed by atoms with E-state index in [2.05, 4.69) is 16.0 Å². The van der Waals surface area contributed by atoms with Crippen molar-refractivity contribution in [1.82, 2.24) is 16.0 Å². The molecule has 0 saturated heterocycles. The minimum absolute atomic E-state index is 0.00225. The van der Waals surface area contributed by atoms with Gasteiger partial charge in [0.2, 0.25) is 23.6 Å². The van der Waals surface area contributed by atoms with E-state index < -0.39 is 60.2 Å². The van der Waals surface area contributed by atoms with Crippen molar-refractivity contribution in [2.75, 3.05) is 0 Å². The molecule has 0 aromatic heterocycles. The summed E-state index contributed by atoms with van der Waals surface area (Å²) in [6.07, 6.45) is 0.436. The first-order valence-electron chi connectivity index (χ1n) is 12.5. The zero-order valence-corrected chi connectivity index (χ0v) is 22.3.